The van der Waals surface area contributed by atoms with Gasteiger partial charge in [-0.05, 0) is 64.3 Å². The summed E-state index contributed by atoms with van der Waals surface area (Å²) in [6.45, 7) is 5.72. The lowest BCUT2D eigenvalue weighted by molar-refractivity contribution is -0.143. The molecule has 1 aromatic heterocycles. The van der Waals surface area contributed by atoms with Crippen LogP contribution in [-0.2, 0) is 0 Å². The monoisotopic (exact) mass is 419 g/mol. The van der Waals surface area contributed by atoms with Gasteiger partial charge in [0.05, 0.1) is 19.1 Å². The summed E-state index contributed by atoms with van der Waals surface area (Å²) in [5, 5.41) is 8.58. The Balaban J connectivity index is 1.84. The highest BCUT2D eigenvalue weighted by Gasteiger charge is 2.28. The second-order valence-electron chi connectivity index (χ2n) is 7.13. The third-order valence-electron chi connectivity index (χ3n) is 4.68. The normalized spacial score (nSPS) is 17.3. The average molecular weight is 420 g/mol. The van der Waals surface area contributed by atoms with Crippen molar-refractivity contribution in [2.75, 3.05) is 52.9 Å². The minimum absolute atomic E-state index is 0.288. The summed E-state index contributed by atoms with van der Waals surface area (Å²) in [7, 11) is 1.49. The lowest BCUT2D eigenvalue weighted by Gasteiger charge is -2.25. The van der Waals surface area contributed by atoms with Crippen molar-refractivity contribution in [3.05, 3.63) is 22.4 Å². The number of hydrogen-bond acceptors (Lipinski definition) is 4. The zero-order chi connectivity index (χ0) is 20.4. The third kappa shape index (κ3) is 8.36. The van der Waals surface area contributed by atoms with E-state index in [0.29, 0.717) is 26.1 Å². The third-order valence-corrected chi connectivity index (χ3v) is 5.65. The SMILES string of the molecule is CCNC(=NCC(c1cccs1)N1CCCC1)NCCCN(C)CC(F)(F)F. The molecule has 28 heavy (non-hydrogen) atoms. The minimum atomic E-state index is -4.15. The molecule has 1 unspecified atom stereocenters. The van der Waals surface area contributed by atoms with Gasteiger partial charge in [0.2, 0.25) is 0 Å². The van der Waals surface area contributed by atoms with Crippen molar-refractivity contribution < 1.29 is 13.2 Å². The molecule has 5 nitrogen and oxygen atoms in total. The maximum Gasteiger partial charge on any atom is 0.401 e. The Bertz CT molecular complexity index is 571. The fourth-order valence-corrected chi connectivity index (χ4v) is 4.23. The van der Waals surface area contributed by atoms with Gasteiger partial charge >= 0.3 is 6.18 Å². The van der Waals surface area contributed by atoms with Gasteiger partial charge in [0.25, 0.3) is 0 Å². The molecule has 1 fully saturated rings. The van der Waals surface area contributed by atoms with Crippen LogP contribution in [0.4, 0.5) is 13.2 Å². The van der Waals surface area contributed by atoms with Gasteiger partial charge in [0, 0.05) is 18.0 Å². The first-order valence-electron chi connectivity index (χ1n) is 9.94. The van der Waals surface area contributed by atoms with Crippen LogP contribution < -0.4 is 10.6 Å². The van der Waals surface area contributed by atoms with Crippen LogP contribution in [0.3, 0.4) is 0 Å². The van der Waals surface area contributed by atoms with E-state index in [1.54, 1.807) is 11.3 Å². The number of likely N-dealkylation sites (tertiary alicyclic amines) is 1. The molecule has 0 spiro atoms. The van der Waals surface area contributed by atoms with Gasteiger partial charge in [-0.1, -0.05) is 6.07 Å². The molecule has 2 N–H and O–H groups in total. The van der Waals surface area contributed by atoms with Crippen molar-refractivity contribution in [1.29, 1.82) is 0 Å². The molecule has 1 aromatic rings. The molecular weight excluding hydrogens is 387 g/mol. The van der Waals surface area contributed by atoms with E-state index < -0.39 is 12.7 Å². The zero-order valence-corrected chi connectivity index (χ0v) is 17.6. The first kappa shape index (κ1) is 23.0. The van der Waals surface area contributed by atoms with E-state index in [1.807, 2.05) is 6.92 Å². The van der Waals surface area contributed by atoms with Gasteiger partial charge in [-0.15, -0.1) is 11.3 Å². The Morgan fingerprint density at radius 3 is 2.68 bits per heavy atom. The number of thiophene rings is 1. The molecular formula is C19H32F3N5S. The number of halogens is 3. The Morgan fingerprint density at radius 1 is 1.32 bits per heavy atom. The lowest BCUT2D eigenvalue weighted by Crippen LogP contribution is -2.40. The van der Waals surface area contributed by atoms with E-state index in [0.717, 1.165) is 25.6 Å². The lowest BCUT2D eigenvalue weighted by atomic mass is 10.2. The summed E-state index contributed by atoms with van der Waals surface area (Å²) in [5.41, 5.74) is 0. The maximum absolute atomic E-state index is 12.4. The Morgan fingerprint density at radius 2 is 2.07 bits per heavy atom. The minimum Gasteiger partial charge on any atom is -0.357 e. The van der Waals surface area contributed by atoms with Gasteiger partial charge in [-0.2, -0.15) is 13.2 Å². The maximum atomic E-state index is 12.4. The molecule has 1 atom stereocenters. The topological polar surface area (TPSA) is 42.9 Å². The Kier molecular flexibility index (Phi) is 9.53. The van der Waals surface area contributed by atoms with Crippen LogP contribution in [0.15, 0.2) is 22.5 Å². The van der Waals surface area contributed by atoms with Crippen molar-refractivity contribution in [3.63, 3.8) is 0 Å². The molecule has 0 aliphatic carbocycles. The second-order valence-corrected chi connectivity index (χ2v) is 8.11. The van der Waals surface area contributed by atoms with Crippen molar-refractivity contribution in [2.45, 2.75) is 38.4 Å². The number of alkyl halides is 3. The highest BCUT2D eigenvalue weighted by Crippen LogP contribution is 2.28. The number of aliphatic imine (C=N–C) groups is 1. The quantitative estimate of drug-likeness (QED) is 0.347. The van der Waals surface area contributed by atoms with Crippen LogP contribution in [-0.4, -0.2) is 74.8 Å². The van der Waals surface area contributed by atoms with Gasteiger partial charge in [0.1, 0.15) is 0 Å². The number of guanidine groups is 1. The van der Waals surface area contributed by atoms with E-state index in [9.17, 15) is 13.2 Å². The smallest absolute Gasteiger partial charge is 0.357 e. The van der Waals surface area contributed by atoms with E-state index in [2.05, 4.69) is 33.0 Å². The standard InChI is InChI=1S/C19H32F3N5S/c1-3-23-18(24-9-7-10-26(2)15-19(20,21)22)25-14-16(17-8-6-13-28-17)27-11-4-5-12-27/h6,8,13,16H,3-5,7,9-12,14-15H2,1-2H3,(H2,23,24,25). The predicted molar refractivity (Wildman–Crippen MR) is 110 cm³/mol. The summed E-state index contributed by atoms with van der Waals surface area (Å²) in [5.74, 6) is 0.724. The van der Waals surface area contributed by atoms with E-state index in [1.165, 1.54) is 29.7 Å². The summed E-state index contributed by atoms with van der Waals surface area (Å²) in [6, 6.07) is 4.53. The molecule has 0 amide bonds. The van der Waals surface area contributed by atoms with Gasteiger partial charge in [-0.25, -0.2) is 0 Å². The van der Waals surface area contributed by atoms with Crippen LogP contribution >= 0.6 is 11.3 Å². The number of nitrogens with one attached hydrogen (secondary N) is 2. The van der Waals surface area contributed by atoms with Crippen LogP contribution in [0.1, 0.15) is 37.1 Å². The molecule has 0 bridgehead atoms. The van der Waals surface area contributed by atoms with E-state index in [-0.39, 0.29) is 6.04 Å². The first-order chi connectivity index (χ1) is 13.4. The van der Waals surface area contributed by atoms with Crippen molar-refractivity contribution in [1.82, 2.24) is 20.4 Å². The van der Waals surface area contributed by atoms with Crippen LogP contribution in [0, 0.1) is 0 Å². The summed E-state index contributed by atoms with van der Waals surface area (Å²) < 4.78 is 37.1. The van der Waals surface area contributed by atoms with Crippen LogP contribution in [0.2, 0.25) is 0 Å². The largest absolute Gasteiger partial charge is 0.401 e. The highest BCUT2D eigenvalue weighted by atomic mass is 32.1. The summed E-state index contributed by atoms with van der Waals surface area (Å²) in [4.78, 5) is 9.87. The second kappa shape index (κ2) is 11.6. The number of nitrogens with zero attached hydrogens (tertiary/aromatic N) is 3. The first-order valence-corrected chi connectivity index (χ1v) is 10.8. The van der Waals surface area contributed by atoms with Crippen molar-refractivity contribution in [2.24, 2.45) is 4.99 Å². The fourth-order valence-electron chi connectivity index (χ4n) is 3.38. The number of hydrogen-bond donors (Lipinski definition) is 2. The van der Waals surface area contributed by atoms with Crippen molar-refractivity contribution >= 4 is 17.3 Å². The zero-order valence-electron chi connectivity index (χ0n) is 16.8. The molecule has 0 radical (unpaired) electrons. The summed E-state index contributed by atoms with van der Waals surface area (Å²) in [6.07, 6.45) is -1.06. The molecule has 0 aromatic carbocycles. The fraction of sp³-hybridized carbons (Fsp3) is 0.737. The van der Waals surface area contributed by atoms with E-state index in [4.69, 9.17) is 4.99 Å². The van der Waals surface area contributed by atoms with Gasteiger partial charge in [-0.3, -0.25) is 14.8 Å². The molecule has 1 aliphatic heterocycles. The molecule has 1 aliphatic rings. The predicted octanol–water partition coefficient (Wildman–Crippen LogP) is 3.32. The van der Waals surface area contributed by atoms with Crippen LogP contribution in [0.25, 0.3) is 0 Å². The van der Waals surface area contributed by atoms with Crippen molar-refractivity contribution in [3.8, 4) is 0 Å². The number of rotatable bonds is 10. The summed E-state index contributed by atoms with van der Waals surface area (Å²) >= 11 is 1.76. The van der Waals surface area contributed by atoms with E-state index >= 15 is 0 Å². The highest BCUT2D eigenvalue weighted by molar-refractivity contribution is 7.10. The molecule has 2 heterocycles. The molecule has 2 rings (SSSR count). The van der Waals surface area contributed by atoms with Gasteiger partial charge in [0.15, 0.2) is 5.96 Å². The molecule has 9 heteroatoms. The van der Waals surface area contributed by atoms with Crippen LogP contribution in [0.5, 0.6) is 0 Å². The molecule has 1 saturated heterocycles. The Labute approximate surface area is 170 Å². The Hall–Kier alpha value is -1.32. The average Bonchev–Trinajstić information content (AvgIpc) is 3.31. The molecule has 160 valence electrons. The van der Waals surface area contributed by atoms with Gasteiger partial charge < -0.3 is 10.6 Å². The molecule has 0 saturated carbocycles.